The number of ether oxygens (including phenoxy) is 2. The fraction of sp³-hybridized carbons (Fsp3) is 0.667. The summed E-state index contributed by atoms with van der Waals surface area (Å²) >= 11 is 0. The van der Waals surface area contributed by atoms with E-state index in [2.05, 4.69) is 6.58 Å². The lowest BCUT2D eigenvalue weighted by Crippen LogP contribution is -2.06. The first kappa shape index (κ1) is 11.0. The third-order valence-corrected chi connectivity index (χ3v) is 1.24. The second-order valence-electron chi connectivity index (χ2n) is 2.36. The molecule has 0 radical (unpaired) electrons. The molecule has 0 amide bonds. The largest absolute Gasteiger partial charge is 0.502 e. The van der Waals surface area contributed by atoms with Gasteiger partial charge in [-0.25, -0.2) is 0 Å². The zero-order chi connectivity index (χ0) is 9.23. The summed E-state index contributed by atoms with van der Waals surface area (Å²) < 4.78 is 9.72. The van der Waals surface area contributed by atoms with Crippen molar-refractivity contribution in [2.24, 2.45) is 0 Å². The van der Waals surface area contributed by atoms with E-state index in [0.29, 0.717) is 19.6 Å². The minimum Gasteiger partial charge on any atom is -0.502 e. The van der Waals surface area contributed by atoms with Gasteiger partial charge in [-0.3, -0.25) is 4.79 Å². The van der Waals surface area contributed by atoms with E-state index >= 15 is 0 Å². The van der Waals surface area contributed by atoms with Crippen LogP contribution < -0.4 is 0 Å². The van der Waals surface area contributed by atoms with Crippen LogP contribution >= 0.6 is 0 Å². The summed E-state index contributed by atoms with van der Waals surface area (Å²) in [5.41, 5.74) is 0. The molecule has 0 spiro atoms. The average molecular weight is 172 g/mol. The number of rotatable bonds is 7. The van der Waals surface area contributed by atoms with Crippen LogP contribution in [0.2, 0.25) is 0 Å². The summed E-state index contributed by atoms with van der Waals surface area (Å²) in [5, 5.41) is 0. The quantitative estimate of drug-likeness (QED) is 0.334. The molecule has 0 aliphatic carbocycles. The van der Waals surface area contributed by atoms with Gasteiger partial charge in [0.25, 0.3) is 0 Å². The summed E-state index contributed by atoms with van der Waals surface area (Å²) in [7, 11) is 0. The SMILES string of the molecule is C=COCCCOC(=O)CCC. The fourth-order valence-corrected chi connectivity index (χ4v) is 0.688. The highest BCUT2D eigenvalue weighted by Gasteiger charge is 1.98. The smallest absolute Gasteiger partial charge is 0.305 e. The lowest BCUT2D eigenvalue weighted by molar-refractivity contribution is -0.143. The van der Waals surface area contributed by atoms with Crippen molar-refractivity contribution in [2.45, 2.75) is 26.2 Å². The minimum absolute atomic E-state index is 0.129. The second-order valence-corrected chi connectivity index (χ2v) is 2.36. The number of carbonyl (C=O) groups is 1. The highest BCUT2D eigenvalue weighted by Crippen LogP contribution is 1.92. The number of carbonyl (C=O) groups excluding carboxylic acids is 1. The van der Waals surface area contributed by atoms with Gasteiger partial charge in [0, 0.05) is 12.8 Å². The van der Waals surface area contributed by atoms with Crippen molar-refractivity contribution in [1.82, 2.24) is 0 Å². The Bertz CT molecular complexity index is 132. The molecule has 0 aliphatic heterocycles. The predicted molar refractivity (Wildman–Crippen MR) is 46.6 cm³/mol. The van der Waals surface area contributed by atoms with Gasteiger partial charge in [-0.05, 0) is 6.42 Å². The lowest BCUT2D eigenvalue weighted by Gasteiger charge is -2.02. The molecule has 0 aromatic rings. The molecule has 3 heteroatoms. The van der Waals surface area contributed by atoms with Crippen molar-refractivity contribution in [2.75, 3.05) is 13.2 Å². The van der Waals surface area contributed by atoms with Gasteiger partial charge in [-0.15, -0.1) is 0 Å². The predicted octanol–water partition coefficient (Wildman–Crippen LogP) is 1.88. The first-order valence-corrected chi connectivity index (χ1v) is 4.19. The number of hydrogen-bond acceptors (Lipinski definition) is 3. The van der Waals surface area contributed by atoms with Crippen molar-refractivity contribution in [3.63, 3.8) is 0 Å². The maximum Gasteiger partial charge on any atom is 0.305 e. The first-order valence-electron chi connectivity index (χ1n) is 4.19. The summed E-state index contributed by atoms with van der Waals surface area (Å²) in [6, 6.07) is 0. The molecular weight excluding hydrogens is 156 g/mol. The molecule has 3 nitrogen and oxygen atoms in total. The maximum atomic E-state index is 10.8. The van der Waals surface area contributed by atoms with E-state index in [1.807, 2.05) is 6.92 Å². The van der Waals surface area contributed by atoms with Gasteiger partial charge in [0.15, 0.2) is 0 Å². The Balaban J connectivity index is 3.08. The molecule has 0 N–H and O–H groups in total. The van der Waals surface area contributed by atoms with E-state index in [4.69, 9.17) is 9.47 Å². The van der Waals surface area contributed by atoms with Gasteiger partial charge in [0.2, 0.25) is 0 Å². The van der Waals surface area contributed by atoms with Crippen molar-refractivity contribution >= 4 is 5.97 Å². The molecule has 0 saturated heterocycles. The fourth-order valence-electron chi connectivity index (χ4n) is 0.688. The van der Waals surface area contributed by atoms with Crippen LogP contribution in [-0.4, -0.2) is 19.2 Å². The molecule has 12 heavy (non-hydrogen) atoms. The van der Waals surface area contributed by atoms with Crippen LogP contribution in [0.5, 0.6) is 0 Å². The summed E-state index contributed by atoms with van der Waals surface area (Å²) in [6.07, 6.45) is 3.44. The zero-order valence-corrected chi connectivity index (χ0v) is 7.54. The molecule has 0 aromatic carbocycles. The Labute approximate surface area is 73.4 Å². The number of esters is 1. The molecule has 0 aliphatic rings. The van der Waals surface area contributed by atoms with Crippen molar-refractivity contribution in [3.05, 3.63) is 12.8 Å². The van der Waals surface area contributed by atoms with E-state index in [-0.39, 0.29) is 5.97 Å². The maximum absolute atomic E-state index is 10.8. The zero-order valence-electron chi connectivity index (χ0n) is 7.54. The van der Waals surface area contributed by atoms with Crippen LogP contribution in [0.15, 0.2) is 12.8 Å². The molecule has 0 aromatic heterocycles. The molecule has 0 atom stereocenters. The Morgan fingerprint density at radius 2 is 2.25 bits per heavy atom. The van der Waals surface area contributed by atoms with E-state index < -0.39 is 0 Å². The Kier molecular flexibility index (Phi) is 7.44. The highest BCUT2D eigenvalue weighted by atomic mass is 16.5. The van der Waals surface area contributed by atoms with Gasteiger partial charge in [0.05, 0.1) is 19.5 Å². The highest BCUT2D eigenvalue weighted by molar-refractivity contribution is 5.69. The number of hydrogen-bond donors (Lipinski definition) is 0. The van der Waals surface area contributed by atoms with Crippen LogP contribution in [0, 0.1) is 0 Å². The molecule has 0 unspecified atom stereocenters. The van der Waals surface area contributed by atoms with Crippen LogP contribution in [0.1, 0.15) is 26.2 Å². The average Bonchev–Trinajstić information content (AvgIpc) is 2.05. The van der Waals surface area contributed by atoms with Gasteiger partial charge in [-0.2, -0.15) is 0 Å². The lowest BCUT2D eigenvalue weighted by atomic mass is 10.3. The van der Waals surface area contributed by atoms with E-state index in [9.17, 15) is 4.79 Å². The van der Waals surface area contributed by atoms with Crippen LogP contribution in [0.4, 0.5) is 0 Å². The molecule has 0 saturated carbocycles. The third kappa shape index (κ3) is 7.12. The normalized spacial score (nSPS) is 9.08. The van der Waals surface area contributed by atoms with Crippen LogP contribution in [-0.2, 0) is 14.3 Å². The van der Waals surface area contributed by atoms with Crippen LogP contribution in [0.3, 0.4) is 0 Å². The molecule has 0 rings (SSSR count). The minimum atomic E-state index is -0.129. The molecule has 0 bridgehead atoms. The standard InChI is InChI=1S/C9H16O3/c1-3-6-9(10)12-8-5-7-11-4-2/h4H,2-3,5-8H2,1H3. The topological polar surface area (TPSA) is 35.5 Å². The van der Waals surface area contributed by atoms with Gasteiger partial charge >= 0.3 is 5.97 Å². The first-order chi connectivity index (χ1) is 5.81. The Hall–Kier alpha value is -0.990. The summed E-state index contributed by atoms with van der Waals surface area (Å²) in [4.78, 5) is 10.8. The van der Waals surface area contributed by atoms with Crippen molar-refractivity contribution < 1.29 is 14.3 Å². The Morgan fingerprint density at radius 3 is 2.83 bits per heavy atom. The third-order valence-electron chi connectivity index (χ3n) is 1.24. The van der Waals surface area contributed by atoms with Gasteiger partial charge in [-0.1, -0.05) is 13.5 Å². The van der Waals surface area contributed by atoms with E-state index in [1.54, 1.807) is 0 Å². The molecule has 0 fully saturated rings. The summed E-state index contributed by atoms with van der Waals surface area (Å²) in [6.45, 7) is 6.34. The van der Waals surface area contributed by atoms with Gasteiger partial charge < -0.3 is 9.47 Å². The summed E-state index contributed by atoms with van der Waals surface area (Å²) in [5.74, 6) is -0.129. The molecular formula is C9H16O3. The Morgan fingerprint density at radius 1 is 1.50 bits per heavy atom. The molecule has 70 valence electrons. The van der Waals surface area contributed by atoms with Gasteiger partial charge in [0.1, 0.15) is 0 Å². The second kappa shape index (κ2) is 8.11. The van der Waals surface area contributed by atoms with Crippen molar-refractivity contribution in [1.29, 1.82) is 0 Å². The van der Waals surface area contributed by atoms with Crippen LogP contribution in [0.25, 0.3) is 0 Å². The van der Waals surface area contributed by atoms with Crippen molar-refractivity contribution in [3.8, 4) is 0 Å². The molecule has 0 heterocycles. The van der Waals surface area contributed by atoms with E-state index in [1.165, 1.54) is 6.26 Å². The monoisotopic (exact) mass is 172 g/mol. The van der Waals surface area contributed by atoms with E-state index in [0.717, 1.165) is 12.8 Å².